The number of nitro groups is 1. The number of hydrogen-bond donors (Lipinski definition) is 0. The van der Waals surface area contributed by atoms with Crippen LogP contribution in [0.1, 0.15) is 34.8 Å². The SMILES string of the molecule is O=C(c1ccccc1)c1ccc(Sc2nnc(N3CCOCC3)n2C2CC2)c([N+](=O)[O-])c1. The highest BCUT2D eigenvalue weighted by Crippen LogP contribution is 2.44. The Balaban J connectivity index is 1.46. The van der Waals surface area contributed by atoms with E-state index in [1.807, 2.05) is 6.07 Å². The first-order valence-electron chi connectivity index (χ1n) is 10.5. The van der Waals surface area contributed by atoms with Crippen LogP contribution in [0.4, 0.5) is 11.6 Å². The van der Waals surface area contributed by atoms with E-state index in [4.69, 9.17) is 4.74 Å². The maximum atomic E-state index is 12.7. The van der Waals surface area contributed by atoms with Crippen molar-refractivity contribution >= 4 is 29.2 Å². The highest BCUT2D eigenvalue weighted by Gasteiger charge is 2.33. The lowest BCUT2D eigenvalue weighted by atomic mass is 10.0. The first-order valence-corrected chi connectivity index (χ1v) is 11.3. The van der Waals surface area contributed by atoms with E-state index >= 15 is 0 Å². The van der Waals surface area contributed by atoms with Gasteiger partial charge >= 0.3 is 0 Å². The summed E-state index contributed by atoms with van der Waals surface area (Å²) in [4.78, 5) is 26.7. The van der Waals surface area contributed by atoms with Gasteiger partial charge in [-0.2, -0.15) is 0 Å². The monoisotopic (exact) mass is 451 g/mol. The topological polar surface area (TPSA) is 103 Å². The Hall–Kier alpha value is -3.24. The first kappa shape index (κ1) is 20.7. The van der Waals surface area contributed by atoms with Crippen molar-refractivity contribution in [1.82, 2.24) is 14.8 Å². The number of morpholine rings is 1. The summed E-state index contributed by atoms with van der Waals surface area (Å²) in [6.45, 7) is 2.77. The minimum atomic E-state index is -0.454. The molecule has 0 bridgehead atoms. The molecule has 1 saturated heterocycles. The number of anilines is 1. The molecule has 1 aromatic heterocycles. The molecule has 9 nitrogen and oxygen atoms in total. The number of hydrogen-bond acceptors (Lipinski definition) is 8. The average molecular weight is 452 g/mol. The number of rotatable bonds is 7. The van der Waals surface area contributed by atoms with Crippen LogP contribution in [-0.4, -0.2) is 51.8 Å². The molecule has 3 aromatic rings. The smallest absolute Gasteiger partial charge is 0.284 e. The summed E-state index contributed by atoms with van der Waals surface area (Å²) in [5.74, 6) is 0.540. The van der Waals surface area contributed by atoms with Gasteiger partial charge in [-0.1, -0.05) is 30.3 Å². The molecule has 1 aliphatic heterocycles. The predicted molar refractivity (Wildman–Crippen MR) is 118 cm³/mol. The van der Waals surface area contributed by atoms with Crippen molar-refractivity contribution in [3.63, 3.8) is 0 Å². The molecule has 0 N–H and O–H groups in total. The van der Waals surface area contributed by atoms with Crippen LogP contribution in [0.3, 0.4) is 0 Å². The molecule has 5 rings (SSSR count). The normalized spacial score (nSPS) is 16.2. The fourth-order valence-electron chi connectivity index (χ4n) is 3.71. The van der Waals surface area contributed by atoms with Crippen LogP contribution in [0.15, 0.2) is 58.6 Å². The van der Waals surface area contributed by atoms with E-state index in [9.17, 15) is 14.9 Å². The summed E-state index contributed by atoms with van der Waals surface area (Å²) in [7, 11) is 0. The number of ketones is 1. The quantitative estimate of drug-likeness (QED) is 0.304. The number of carbonyl (C=O) groups is 1. The van der Waals surface area contributed by atoms with Crippen LogP contribution < -0.4 is 4.90 Å². The molecule has 1 aliphatic carbocycles. The van der Waals surface area contributed by atoms with Gasteiger partial charge in [-0.15, -0.1) is 10.2 Å². The Bertz CT molecular complexity index is 1160. The van der Waals surface area contributed by atoms with Crippen LogP contribution >= 0.6 is 11.8 Å². The van der Waals surface area contributed by atoms with Crippen LogP contribution in [-0.2, 0) is 4.74 Å². The number of aromatic nitrogens is 3. The Kier molecular flexibility index (Phi) is 5.62. The number of carbonyl (C=O) groups excluding carboxylic acids is 1. The summed E-state index contributed by atoms with van der Waals surface area (Å²) in [5.41, 5.74) is 0.658. The zero-order valence-corrected chi connectivity index (χ0v) is 18.0. The van der Waals surface area contributed by atoms with Crippen molar-refractivity contribution in [3.8, 4) is 0 Å². The third-order valence-electron chi connectivity index (χ3n) is 5.51. The molecule has 0 unspecified atom stereocenters. The van der Waals surface area contributed by atoms with Crippen molar-refractivity contribution in [2.24, 2.45) is 0 Å². The van der Waals surface area contributed by atoms with Gasteiger partial charge in [-0.3, -0.25) is 19.5 Å². The maximum Gasteiger partial charge on any atom is 0.284 e. The zero-order valence-electron chi connectivity index (χ0n) is 17.2. The second-order valence-corrected chi connectivity index (χ2v) is 8.73. The molecule has 0 amide bonds. The molecule has 32 heavy (non-hydrogen) atoms. The number of benzene rings is 2. The van der Waals surface area contributed by atoms with Crippen molar-refractivity contribution in [2.45, 2.75) is 28.9 Å². The van der Waals surface area contributed by atoms with Crippen molar-refractivity contribution in [2.75, 3.05) is 31.2 Å². The lowest BCUT2D eigenvalue weighted by Crippen LogP contribution is -2.38. The van der Waals surface area contributed by atoms with Crippen LogP contribution in [0.2, 0.25) is 0 Å². The van der Waals surface area contributed by atoms with Crippen LogP contribution in [0.25, 0.3) is 0 Å². The van der Waals surface area contributed by atoms with Gasteiger partial charge in [0.2, 0.25) is 5.95 Å². The van der Waals surface area contributed by atoms with E-state index in [1.165, 1.54) is 17.8 Å². The van der Waals surface area contributed by atoms with E-state index in [1.54, 1.807) is 36.4 Å². The fourth-order valence-corrected chi connectivity index (χ4v) is 4.69. The number of ether oxygens (including phenoxy) is 1. The minimum Gasteiger partial charge on any atom is -0.378 e. The van der Waals surface area contributed by atoms with E-state index in [0.29, 0.717) is 34.9 Å². The largest absolute Gasteiger partial charge is 0.378 e. The maximum absolute atomic E-state index is 12.7. The molecule has 0 spiro atoms. The van der Waals surface area contributed by atoms with E-state index in [0.717, 1.165) is 31.9 Å². The Morgan fingerprint density at radius 1 is 1.06 bits per heavy atom. The Morgan fingerprint density at radius 3 is 2.50 bits per heavy atom. The molecule has 10 heteroatoms. The molecule has 1 saturated carbocycles. The van der Waals surface area contributed by atoms with Gasteiger partial charge in [0, 0.05) is 36.3 Å². The molecule has 2 aliphatic rings. The third kappa shape index (κ3) is 4.11. The van der Waals surface area contributed by atoms with E-state index in [-0.39, 0.29) is 17.0 Å². The second-order valence-electron chi connectivity index (χ2n) is 7.72. The van der Waals surface area contributed by atoms with Gasteiger partial charge in [0.15, 0.2) is 10.9 Å². The number of nitrogens with zero attached hydrogens (tertiary/aromatic N) is 5. The predicted octanol–water partition coefficient (Wildman–Crippen LogP) is 3.74. The average Bonchev–Trinajstić information content (AvgIpc) is 3.59. The summed E-state index contributed by atoms with van der Waals surface area (Å²) in [6, 6.07) is 13.7. The standard InChI is InChI=1S/C22H21N5O4S/c28-20(15-4-2-1-3-5-15)16-6-9-19(18(14-16)27(29)30)32-22-24-23-21(26(22)17-7-8-17)25-10-12-31-13-11-25/h1-6,9,14,17H,7-8,10-13H2. The molecule has 2 aromatic carbocycles. The lowest BCUT2D eigenvalue weighted by Gasteiger charge is -2.27. The summed E-state index contributed by atoms with van der Waals surface area (Å²) in [6.07, 6.45) is 2.07. The summed E-state index contributed by atoms with van der Waals surface area (Å²) >= 11 is 1.22. The van der Waals surface area contributed by atoms with E-state index < -0.39 is 4.92 Å². The lowest BCUT2D eigenvalue weighted by molar-refractivity contribution is -0.387. The molecule has 164 valence electrons. The first-order chi connectivity index (χ1) is 15.6. The minimum absolute atomic E-state index is 0.116. The number of nitro benzene ring substituents is 1. The highest BCUT2D eigenvalue weighted by atomic mass is 32.2. The van der Waals surface area contributed by atoms with Gasteiger partial charge in [0.1, 0.15) is 0 Å². The molecule has 2 fully saturated rings. The molecular formula is C22H21N5O4S. The fraction of sp³-hybridized carbons (Fsp3) is 0.318. The van der Waals surface area contributed by atoms with Gasteiger partial charge < -0.3 is 9.64 Å². The van der Waals surface area contributed by atoms with Crippen molar-refractivity contribution in [1.29, 1.82) is 0 Å². The van der Waals surface area contributed by atoms with Crippen LogP contribution in [0, 0.1) is 10.1 Å². The van der Waals surface area contributed by atoms with Crippen LogP contribution in [0.5, 0.6) is 0 Å². The van der Waals surface area contributed by atoms with Gasteiger partial charge in [-0.25, -0.2) is 0 Å². The second kappa shape index (κ2) is 8.71. The Morgan fingerprint density at radius 2 is 1.81 bits per heavy atom. The van der Waals surface area contributed by atoms with Gasteiger partial charge in [-0.05, 0) is 36.7 Å². The zero-order chi connectivity index (χ0) is 22.1. The van der Waals surface area contributed by atoms with Crippen molar-refractivity contribution in [3.05, 3.63) is 69.8 Å². The third-order valence-corrected chi connectivity index (χ3v) is 6.53. The molecule has 0 atom stereocenters. The van der Waals surface area contributed by atoms with Gasteiger partial charge in [0.25, 0.3) is 5.69 Å². The Labute approximate surface area is 188 Å². The summed E-state index contributed by atoms with van der Waals surface area (Å²) < 4.78 is 7.52. The molecule has 0 radical (unpaired) electrons. The van der Waals surface area contributed by atoms with E-state index in [2.05, 4.69) is 19.7 Å². The highest BCUT2D eigenvalue weighted by molar-refractivity contribution is 7.99. The molecule has 2 heterocycles. The summed E-state index contributed by atoms with van der Waals surface area (Å²) in [5, 5.41) is 21.2. The molecular weight excluding hydrogens is 430 g/mol. The van der Waals surface area contributed by atoms with Gasteiger partial charge in [0.05, 0.1) is 23.0 Å². The van der Waals surface area contributed by atoms with Crippen molar-refractivity contribution < 1.29 is 14.5 Å².